The summed E-state index contributed by atoms with van der Waals surface area (Å²) in [5.41, 5.74) is 6.83. The van der Waals surface area contributed by atoms with E-state index in [0.29, 0.717) is 18.2 Å². The minimum Gasteiger partial charge on any atom is -0.366 e. The van der Waals surface area contributed by atoms with Crippen molar-refractivity contribution in [3.8, 4) is 0 Å². The molecule has 0 spiro atoms. The van der Waals surface area contributed by atoms with Crippen LogP contribution in [-0.4, -0.2) is 49.5 Å². The molecule has 1 saturated heterocycles. The number of carbonyl (C=O) groups is 1. The van der Waals surface area contributed by atoms with E-state index in [0.717, 1.165) is 24.6 Å². The molecule has 23 heavy (non-hydrogen) atoms. The van der Waals surface area contributed by atoms with E-state index in [1.807, 2.05) is 12.1 Å². The van der Waals surface area contributed by atoms with Crippen molar-refractivity contribution < 1.29 is 4.79 Å². The van der Waals surface area contributed by atoms with E-state index in [9.17, 15) is 4.79 Å². The van der Waals surface area contributed by atoms with Gasteiger partial charge in [-0.05, 0) is 43.6 Å². The highest BCUT2D eigenvalue weighted by Gasteiger charge is 2.22. The van der Waals surface area contributed by atoms with Crippen molar-refractivity contribution in [3.63, 3.8) is 0 Å². The van der Waals surface area contributed by atoms with Gasteiger partial charge in [-0.15, -0.1) is 0 Å². The molecule has 1 aliphatic heterocycles. The molecule has 1 atom stereocenters. The first kappa shape index (κ1) is 17.3. The minimum atomic E-state index is -0.407. The maximum atomic E-state index is 11.2. The summed E-state index contributed by atoms with van der Waals surface area (Å²) in [5.74, 6) is 0.368. The van der Waals surface area contributed by atoms with E-state index in [1.54, 1.807) is 19.2 Å². The van der Waals surface area contributed by atoms with Gasteiger partial charge in [0.25, 0.3) is 0 Å². The monoisotopic (exact) mass is 317 g/mol. The van der Waals surface area contributed by atoms with E-state index < -0.39 is 5.91 Å². The molecule has 6 nitrogen and oxygen atoms in total. The van der Waals surface area contributed by atoms with Gasteiger partial charge in [0, 0.05) is 31.7 Å². The Morgan fingerprint density at radius 1 is 1.43 bits per heavy atom. The number of nitrogens with one attached hydrogen (secondary N) is 2. The zero-order valence-corrected chi connectivity index (χ0v) is 14.0. The molecule has 1 aromatic rings. The third-order valence-electron chi connectivity index (χ3n) is 4.31. The third-order valence-corrected chi connectivity index (χ3v) is 4.31. The fourth-order valence-electron chi connectivity index (χ4n) is 3.00. The Morgan fingerprint density at radius 2 is 2.26 bits per heavy atom. The fraction of sp³-hybridized carbons (Fsp3) is 0.529. The Bertz CT molecular complexity index is 558. The van der Waals surface area contributed by atoms with Crippen LogP contribution in [0.2, 0.25) is 0 Å². The summed E-state index contributed by atoms with van der Waals surface area (Å²) in [6.07, 6.45) is 2.50. The second kappa shape index (κ2) is 8.53. The lowest BCUT2D eigenvalue weighted by Crippen LogP contribution is -2.44. The molecule has 0 aromatic heterocycles. The summed E-state index contributed by atoms with van der Waals surface area (Å²) in [5, 5.41) is 6.67. The summed E-state index contributed by atoms with van der Waals surface area (Å²) in [4.78, 5) is 18.0. The molecule has 1 amide bonds. The first-order valence-corrected chi connectivity index (χ1v) is 8.21. The van der Waals surface area contributed by atoms with Crippen LogP contribution in [0.25, 0.3) is 0 Å². The lowest BCUT2D eigenvalue weighted by molar-refractivity contribution is 0.1000. The number of aliphatic imine (C=N–C) groups is 1. The number of hydrogen-bond donors (Lipinski definition) is 3. The second-order valence-corrected chi connectivity index (χ2v) is 5.80. The largest absolute Gasteiger partial charge is 0.366 e. The Labute approximate surface area is 138 Å². The van der Waals surface area contributed by atoms with Crippen molar-refractivity contribution in [2.24, 2.45) is 10.7 Å². The van der Waals surface area contributed by atoms with Crippen molar-refractivity contribution >= 4 is 11.9 Å². The number of carbonyl (C=O) groups excluding carboxylic acids is 1. The molecule has 2 rings (SSSR count). The van der Waals surface area contributed by atoms with E-state index in [2.05, 4.69) is 27.4 Å². The summed E-state index contributed by atoms with van der Waals surface area (Å²) in [7, 11) is 1.77. The molecule has 4 N–H and O–H groups in total. The molecular weight excluding hydrogens is 290 g/mol. The molecule has 1 heterocycles. The average molecular weight is 317 g/mol. The number of benzene rings is 1. The first-order chi connectivity index (χ1) is 11.1. The number of rotatable bonds is 6. The highest BCUT2D eigenvalue weighted by molar-refractivity contribution is 5.92. The zero-order valence-electron chi connectivity index (χ0n) is 14.0. The van der Waals surface area contributed by atoms with Crippen LogP contribution in [-0.2, 0) is 6.54 Å². The van der Waals surface area contributed by atoms with Gasteiger partial charge in [0.15, 0.2) is 5.96 Å². The minimum absolute atomic E-state index is 0.407. The van der Waals surface area contributed by atoms with Gasteiger partial charge in [0.1, 0.15) is 0 Å². The molecular formula is C17H27N5O. The molecule has 1 fully saturated rings. The maximum absolute atomic E-state index is 11.2. The number of hydrogen-bond acceptors (Lipinski definition) is 3. The van der Waals surface area contributed by atoms with Gasteiger partial charge in [-0.2, -0.15) is 0 Å². The predicted octanol–water partition coefficient (Wildman–Crippen LogP) is 0.935. The average Bonchev–Trinajstić information content (AvgIpc) is 3.02. The molecule has 1 aromatic carbocycles. The van der Waals surface area contributed by atoms with Crippen LogP contribution in [0.5, 0.6) is 0 Å². The number of amides is 1. The zero-order chi connectivity index (χ0) is 16.7. The molecule has 126 valence electrons. The van der Waals surface area contributed by atoms with E-state index in [1.165, 1.54) is 19.4 Å². The molecule has 0 aliphatic carbocycles. The lowest BCUT2D eigenvalue weighted by Gasteiger charge is -2.24. The molecule has 0 saturated carbocycles. The quantitative estimate of drug-likeness (QED) is 0.538. The Morgan fingerprint density at radius 3 is 2.96 bits per heavy atom. The van der Waals surface area contributed by atoms with Crippen molar-refractivity contribution in [3.05, 3.63) is 35.4 Å². The normalized spacial score (nSPS) is 18.9. The van der Waals surface area contributed by atoms with Crippen LogP contribution in [0.15, 0.2) is 29.3 Å². The van der Waals surface area contributed by atoms with Gasteiger partial charge in [-0.25, -0.2) is 0 Å². The van der Waals surface area contributed by atoms with Crippen LogP contribution in [0.3, 0.4) is 0 Å². The number of nitrogens with zero attached hydrogens (tertiary/aromatic N) is 2. The van der Waals surface area contributed by atoms with Crippen molar-refractivity contribution in [2.45, 2.75) is 32.4 Å². The van der Waals surface area contributed by atoms with Crippen molar-refractivity contribution in [1.82, 2.24) is 15.5 Å². The molecule has 1 unspecified atom stereocenters. The SMILES string of the molecule is CCN1CCCC1CNC(=NC)NCc1cccc(C(N)=O)c1. The van der Waals surface area contributed by atoms with Crippen LogP contribution >= 0.6 is 0 Å². The smallest absolute Gasteiger partial charge is 0.248 e. The van der Waals surface area contributed by atoms with Crippen LogP contribution in [0, 0.1) is 0 Å². The number of nitrogens with two attached hydrogens (primary N) is 1. The summed E-state index contributed by atoms with van der Waals surface area (Å²) < 4.78 is 0. The Balaban J connectivity index is 1.83. The highest BCUT2D eigenvalue weighted by atomic mass is 16.1. The van der Waals surface area contributed by atoms with Crippen LogP contribution in [0.4, 0.5) is 0 Å². The number of guanidine groups is 1. The molecule has 0 radical (unpaired) electrons. The topological polar surface area (TPSA) is 82.8 Å². The lowest BCUT2D eigenvalue weighted by atomic mass is 10.1. The highest BCUT2D eigenvalue weighted by Crippen LogP contribution is 2.15. The summed E-state index contributed by atoms with van der Waals surface area (Å²) in [6, 6.07) is 7.90. The van der Waals surface area contributed by atoms with Gasteiger partial charge in [0.05, 0.1) is 0 Å². The second-order valence-electron chi connectivity index (χ2n) is 5.80. The molecule has 1 aliphatic rings. The Hall–Kier alpha value is -2.08. The van der Waals surface area contributed by atoms with Crippen LogP contribution in [0.1, 0.15) is 35.7 Å². The van der Waals surface area contributed by atoms with E-state index in [-0.39, 0.29) is 0 Å². The number of likely N-dealkylation sites (N-methyl/N-ethyl adjacent to an activating group) is 1. The summed E-state index contributed by atoms with van der Waals surface area (Å²) >= 11 is 0. The van der Waals surface area contributed by atoms with E-state index >= 15 is 0 Å². The van der Waals surface area contributed by atoms with Crippen molar-refractivity contribution in [2.75, 3.05) is 26.7 Å². The summed E-state index contributed by atoms with van der Waals surface area (Å²) in [6.45, 7) is 5.99. The van der Waals surface area contributed by atoms with Gasteiger partial charge in [-0.1, -0.05) is 19.1 Å². The fourth-order valence-corrected chi connectivity index (χ4v) is 3.00. The molecule has 0 bridgehead atoms. The standard InChI is InChI=1S/C17H27N5O/c1-3-22-9-5-8-15(22)12-21-17(19-2)20-11-13-6-4-7-14(10-13)16(18)23/h4,6-7,10,15H,3,5,8-9,11-12H2,1-2H3,(H2,18,23)(H2,19,20,21). The Kier molecular flexibility index (Phi) is 6.40. The van der Waals surface area contributed by atoms with E-state index in [4.69, 9.17) is 5.73 Å². The van der Waals surface area contributed by atoms with Crippen LogP contribution < -0.4 is 16.4 Å². The number of likely N-dealkylation sites (tertiary alicyclic amines) is 1. The van der Waals surface area contributed by atoms with Gasteiger partial charge >= 0.3 is 0 Å². The maximum Gasteiger partial charge on any atom is 0.248 e. The molecule has 6 heteroatoms. The van der Waals surface area contributed by atoms with Crippen molar-refractivity contribution in [1.29, 1.82) is 0 Å². The first-order valence-electron chi connectivity index (χ1n) is 8.21. The van der Waals surface area contributed by atoms with Gasteiger partial charge in [0.2, 0.25) is 5.91 Å². The van der Waals surface area contributed by atoms with Gasteiger partial charge in [-0.3, -0.25) is 14.7 Å². The third kappa shape index (κ3) is 4.96. The van der Waals surface area contributed by atoms with Gasteiger partial charge < -0.3 is 16.4 Å². The predicted molar refractivity (Wildman–Crippen MR) is 93.4 cm³/mol. The number of primary amides is 1.